The molecule has 0 saturated heterocycles. The van der Waals surface area contributed by atoms with Gasteiger partial charge >= 0.3 is 0 Å². The van der Waals surface area contributed by atoms with Crippen LogP contribution in [0.2, 0.25) is 0 Å². The van der Waals surface area contributed by atoms with Crippen molar-refractivity contribution in [3.63, 3.8) is 0 Å². The number of carbonyl (C=O) groups is 1. The molecule has 0 spiro atoms. The van der Waals surface area contributed by atoms with Gasteiger partial charge in [-0.1, -0.05) is 6.07 Å². The smallest absolute Gasteiger partial charge is 0.257 e. The van der Waals surface area contributed by atoms with E-state index in [1.165, 1.54) is 24.3 Å². The van der Waals surface area contributed by atoms with Crippen LogP contribution >= 0.6 is 0 Å². The van der Waals surface area contributed by atoms with Gasteiger partial charge in [0.25, 0.3) is 5.91 Å². The zero-order valence-electron chi connectivity index (χ0n) is 14.7. The molecule has 2 aromatic heterocycles. The Morgan fingerprint density at radius 2 is 1.93 bits per heavy atom. The number of nitrogens with one attached hydrogen (secondary N) is 1. The van der Waals surface area contributed by atoms with E-state index in [1.54, 1.807) is 36.7 Å². The van der Waals surface area contributed by atoms with E-state index in [0.717, 1.165) is 5.56 Å². The van der Waals surface area contributed by atoms with Crippen LogP contribution in [0.4, 0.5) is 4.39 Å². The Labute approximate surface area is 156 Å². The summed E-state index contributed by atoms with van der Waals surface area (Å²) >= 11 is 0. The van der Waals surface area contributed by atoms with Crippen molar-refractivity contribution < 1.29 is 18.7 Å². The average molecular weight is 367 g/mol. The van der Waals surface area contributed by atoms with Gasteiger partial charge in [0.15, 0.2) is 0 Å². The Morgan fingerprint density at radius 3 is 2.63 bits per heavy atom. The van der Waals surface area contributed by atoms with Gasteiger partial charge in [-0.25, -0.2) is 14.4 Å². The van der Waals surface area contributed by atoms with Crippen LogP contribution in [0, 0.1) is 5.82 Å². The van der Waals surface area contributed by atoms with Crippen molar-refractivity contribution in [2.75, 3.05) is 6.61 Å². The van der Waals surface area contributed by atoms with Crippen molar-refractivity contribution in [2.24, 2.45) is 0 Å². The monoisotopic (exact) mass is 367 g/mol. The van der Waals surface area contributed by atoms with Crippen molar-refractivity contribution in [3.8, 4) is 17.5 Å². The summed E-state index contributed by atoms with van der Waals surface area (Å²) in [6.45, 7) is 2.55. The van der Waals surface area contributed by atoms with Crippen LogP contribution in [-0.2, 0) is 6.54 Å². The van der Waals surface area contributed by atoms with Gasteiger partial charge in [-0.15, -0.1) is 0 Å². The van der Waals surface area contributed by atoms with E-state index in [1.807, 2.05) is 6.92 Å². The van der Waals surface area contributed by atoms with Gasteiger partial charge in [-0.2, -0.15) is 0 Å². The second kappa shape index (κ2) is 8.75. The van der Waals surface area contributed by atoms with Crippen LogP contribution in [0.3, 0.4) is 0 Å². The molecule has 0 aliphatic rings. The molecule has 138 valence electrons. The summed E-state index contributed by atoms with van der Waals surface area (Å²) < 4.78 is 23.8. The van der Waals surface area contributed by atoms with Gasteiger partial charge < -0.3 is 14.8 Å². The summed E-state index contributed by atoms with van der Waals surface area (Å²) in [5.74, 6) is 0.562. The number of ether oxygens (including phenoxy) is 2. The summed E-state index contributed by atoms with van der Waals surface area (Å²) in [5, 5.41) is 2.81. The molecule has 0 fully saturated rings. The van der Waals surface area contributed by atoms with Crippen LogP contribution < -0.4 is 14.8 Å². The Hall–Kier alpha value is -3.48. The third kappa shape index (κ3) is 5.01. The number of rotatable bonds is 7. The molecule has 27 heavy (non-hydrogen) atoms. The first-order valence-electron chi connectivity index (χ1n) is 8.40. The predicted molar refractivity (Wildman–Crippen MR) is 97.3 cm³/mol. The third-order valence-electron chi connectivity index (χ3n) is 3.58. The van der Waals surface area contributed by atoms with Gasteiger partial charge in [-0.3, -0.25) is 4.79 Å². The Bertz CT molecular complexity index is 899. The summed E-state index contributed by atoms with van der Waals surface area (Å²) in [5.41, 5.74) is 1.18. The van der Waals surface area contributed by atoms with Crippen molar-refractivity contribution >= 4 is 5.91 Å². The Kier molecular flexibility index (Phi) is 5.94. The molecule has 0 bridgehead atoms. The van der Waals surface area contributed by atoms with E-state index in [-0.39, 0.29) is 11.7 Å². The Morgan fingerprint density at radius 1 is 1.11 bits per heavy atom. The standard InChI is InChI=1S/C20H18FN3O3/c1-2-26-20-17(4-3-11-22-20)19(25)24-13-14-5-10-18(23-12-14)27-16-8-6-15(21)7-9-16/h3-12H,2,13H2,1H3,(H,24,25). The molecule has 2 heterocycles. The first kappa shape index (κ1) is 18.3. The zero-order chi connectivity index (χ0) is 19.1. The highest BCUT2D eigenvalue weighted by Gasteiger charge is 2.13. The molecule has 1 aromatic carbocycles. The molecule has 3 aromatic rings. The average Bonchev–Trinajstić information content (AvgIpc) is 2.70. The number of hydrogen-bond acceptors (Lipinski definition) is 5. The molecule has 0 radical (unpaired) electrons. The first-order chi connectivity index (χ1) is 13.2. The minimum Gasteiger partial charge on any atom is -0.477 e. The van der Waals surface area contributed by atoms with Crippen molar-refractivity contribution in [1.29, 1.82) is 0 Å². The number of carbonyl (C=O) groups excluding carboxylic acids is 1. The largest absolute Gasteiger partial charge is 0.477 e. The normalized spacial score (nSPS) is 10.3. The van der Waals surface area contributed by atoms with Crippen LogP contribution in [0.25, 0.3) is 0 Å². The molecule has 1 amide bonds. The lowest BCUT2D eigenvalue weighted by Gasteiger charge is -2.10. The molecule has 0 aliphatic heterocycles. The van der Waals surface area contributed by atoms with Gasteiger partial charge in [0.1, 0.15) is 17.1 Å². The lowest BCUT2D eigenvalue weighted by Crippen LogP contribution is -2.23. The van der Waals surface area contributed by atoms with E-state index in [9.17, 15) is 9.18 Å². The second-order valence-corrected chi connectivity index (χ2v) is 5.53. The first-order valence-corrected chi connectivity index (χ1v) is 8.40. The van der Waals surface area contributed by atoms with Crippen LogP contribution in [-0.4, -0.2) is 22.5 Å². The molecule has 7 heteroatoms. The molecule has 0 saturated carbocycles. The number of hydrogen-bond donors (Lipinski definition) is 1. The molecular formula is C20H18FN3O3. The third-order valence-corrected chi connectivity index (χ3v) is 3.58. The SMILES string of the molecule is CCOc1ncccc1C(=O)NCc1ccc(Oc2ccc(F)cc2)nc1. The minimum absolute atomic E-state index is 0.279. The molecule has 6 nitrogen and oxygen atoms in total. The van der Waals surface area contributed by atoms with Gasteiger partial charge in [0, 0.05) is 25.0 Å². The van der Waals surface area contributed by atoms with E-state index >= 15 is 0 Å². The lowest BCUT2D eigenvalue weighted by molar-refractivity contribution is 0.0946. The number of benzene rings is 1. The highest BCUT2D eigenvalue weighted by atomic mass is 19.1. The highest BCUT2D eigenvalue weighted by molar-refractivity contribution is 5.96. The fraction of sp³-hybridized carbons (Fsp3) is 0.150. The summed E-state index contributed by atoms with van der Waals surface area (Å²) in [6.07, 6.45) is 3.18. The van der Waals surface area contributed by atoms with Crippen molar-refractivity contribution in [1.82, 2.24) is 15.3 Å². The fourth-order valence-corrected chi connectivity index (χ4v) is 2.29. The predicted octanol–water partition coefficient (Wildman–Crippen LogP) is 3.74. The van der Waals surface area contributed by atoms with E-state index in [4.69, 9.17) is 9.47 Å². The summed E-state index contributed by atoms with van der Waals surface area (Å²) in [7, 11) is 0. The topological polar surface area (TPSA) is 73.3 Å². The van der Waals surface area contributed by atoms with Gasteiger partial charge in [-0.05, 0) is 48.9 Å². The molecule has 0 unspecified atom stereocenters. The van der Waals surface area contributed by atoms with Crippen molar-refractivity contribution in [2.45, 2.75) is 13.5 Å². The Balaban J connectivity index is 1.58. The van der Waals surface area contributed by atoms with E-state index < -0.39 is 0 Å². The molecule has 3 rings (SSSR count). The van der Waals surface area contributed by atoms with E-state index in [0.29, 0.717) is 36.2 Å². The fourth-order valence-electron chi connectivity index (χ4n) is 2.29. The number of amides is 1. The lowest BCUT2D eigenvalue weighted by atomic mass is 10.2. The van der Waals surface area contributed by atoms with E-state index in [2.05, 4.69) is 15.3 Å². The highest BCUT2D eigenvalue weighted by Crippen LogP contribution is 2.19. The maximum absolute atomic E-state index is 12.9. The second-order valence-electron chi connectivity index (χ2n) is 5.53. The number of halogens is 1. The molecule has 1 N–H and O–H groups in total. The van der Waals surface area contributed by atoms with Crippen LogP contribution in [0.1, 0.15) is 22.8 Å². The number of aromatic nitrogens is 2. The minimum atomic E-state index is -0.331. The van der Waals surface area contributed by atoms with Gasteiger partial charge in [0.2, 0.25) is 11.8 Å². The number of nitrogens with zero attached hydrogens (tertiary/aromatic N) is 2. The zero-order valence-corrected chi connectivity index (χ0v) is 14.7. The molecular weight excluding hydrogens is 349 g/mol. The number of pyridine rings is 2. The maximum Gasteiger partial charge on any atom is 0.257 e. The quantitative estimate of drug-likeness (QED) is 0.689. The summed E-state index contributed by atoms with van der Waals surface area (Å²) in [6, 6.07) is 12.5. The molecule has 0 atom stereocenters. The molecule has 0 aliphatic carbocycles. The summed E-state index contributed by atoms with van der Waals surface area (Å²) in [4.78, 5) is 20.6. The van der Waals surface area contributed by atoms with Gasteiger partial charge in [0.05, 0.1) is 6.61 Å². The van der Waals surface area contributed by atoms with Crippen LogP contribution in [0.15, 0.2) is 60.9 Å². The van der Waals surface area contributed by atoms with Crippen LogP contribution in [0.5, 0.6) is 17.5 Å². The van der Waals surface area contributed by atoms with Crippen molar-refractivity contribution in [3.05, 3.63) is 77.9 Å². The maximum atomic E-state index is 12.9.